The van der Waals surface area contributed by atoms with Crippen molar-refractivity contribution in [3.8, 4) is 0 Å². The molecule has 3 heteroatoms. The molecule has 1 heterocycles. The minimum atomic E-state index is 0.360. The van der Waals surface area contributed by atoms with Gasteiger partial charge < -0.3 is 9.80 Å². The molecule has 0 aromatic rings. The van der Waals surface area contributed by atoms with Crippen LogP contribution in [0.25, 0.3) is 0 Å². The number of ketones is 1. The fraction of sp³-hybridized carbons (Fsp3) is 0.938. The van der Waals surface area contributed by atoms with E-state index in [1.54, 1.807) is 0 Å². The highest BCUT2D eigenvalue weighted by Crippen LogP contribution is 2.32. The van der Waals surface area contributed by atoms with Crippen LogP contribution >= 0.6 is 0 Å². The Morgan fingerprint density at radius 1 is 1.21 bits per heavy atom. The van der Waals surface area contributed by atoms with E-state index >= 15 is 0 Å². The average molecular weight is 266 g/mol. The summed E-state index contributed by atoms with van der Waals surface area (Å²) in [4.78, 5) is 17.3. The molecule has 1 aliphatic heterocycles. The molecular weight excluding hydrogens is 236 g/mol. The van der Waals surface area contributed by atoms with Crippen molar-refractivity contribution in [2.75, 3.05) is 33.7 Å². The molecule has 1 saturated heterocycles. The summed E-state index contributed by atoms with van der Waals surface area (Å²) in [6.45, 7) is 5.53. The number of rotatable bonds is 4. The molecule has 0 aromatic heterocycles. The minimum Gasteiger partial charge on any atom is -0.304 e. The molecule has 2 aliphatic rings. The third-order valence-corrected chi connectivity index (χ3v) is 5.23. The van der Waals surface area contributed by atoms with Crippen molar-refractivity contribution in [2.45, 2.75) is 51.5 Å². The first-order valence-electron chi connectivity index (χ1n) is 8.01. The van der Waals surface area contributed by atoms with Crippen LogP contribution in [0.1, 0.15) is 45.4 Å². The monoisotopic (exact) mass is 266 g/mol. The number of Topliss-reactive ketones (excluding diaryl/α,β-unsaturated/α-hetero) is 1. The summed E-state index contributed by atoms with van der Waals surface area (Å²) >= 11 is 0. The molecule has 3 unspecified atom stereocenters. The zero-order chi connectivity index (χ0) is 13.8. The lowest BCUT2D eigenvalue weighted by atomic mass is 9.77. The standard InChI is InChI=1S/C16H30N2O/c1-4-13-6-5-7-14(10-13)16(19)11-15-12-17(2)8-9-18(15)3/h13-15H,4-12H2,1-3H3. The van der Waals surface area contributed by atoms with Gasteiger partial charge in [0.1, 0.15) is 5.78 Å². The lowest BCUT2D eigenvalue weighted by molar-refractivity contribution is -0.126. The number of hydrogen-bond donors (Lipinski definition) is 0. The van der Waals surface area contributed by atoms with Crippen molar-refractivity contribution in [2.24, 2.45) is 11.8 Å². The minimum absolute atomic E-state index is 0.360. The van der Waals surface area contributed by atoms with Gasteiger partial charge in [0.05, 0.1) is 0 Å². The molecule has 0 spiro atoms. The smallest absolute Gasteiger partial charge is 0.137 e. The molecule has 0 amide bonds. The van der Waals surface area contributed by atoms with Crippen LogP contribution in [0, 0.1) is 11.8 Å². The first-order chi connectivity index (χ1) is 9.10. The zero-order valence-corrected chi connectivity index (χ0v) is 12.9. The van der Waals surface area contributed by atoms with E-state index in [4.69, 9.17) is 0 Å². The Bertz CT molecular complexity index is 305. The van der Waals surface area contributed by atoms with Crippen LogP contribution < -0.4 is 0 Å². The molecule has 0 bridgehead atoms. The summed E-state index contributed by atoms with van der Waals surface area (Å²) in [6, 6.07) is 0.438. The topological polar surface area (TPSA) is 23.6 Å². The SMILES string of the molecule is CCC1CCCC(C(=O)CC2CN(C)CCN2C)C1. The Morgan fingerprint density at radius 2 is 2.00 bits per heavy atom. The molecule has 2 rings (SSSR count). The molecule has 1 aliphatic carbocycles. The van der Waals surface area contributed by atoms with Gasteiger partial charge in [-0.15, -0.1) is 0 Å². The van der Waals surface area contributed by atoms with Gasteiger partial charge in [0.25, 0.3) is 0 Å². The van der Waals surface area contributed by atoms with E-state index in [0.717, 1.165) is 44.8 Å². The third kappa shape index (κ3) is 4.03. The maximum absolute atomic E-state index is 12.5. The molecule has 1 saturated carbocycles. The fourth-order valence-electron chi connectivity index (χ4n) is 3.67. The highest BCUT2D eigenvalue weighted by molar-refractivity contribution is 5.81. The van der Waals surface area contributed by atoms with Crippen LogP contribution in [0.4, 0.5) is 0 Å². The molecular formula is C16H30N2O. The van der Waals surface area contributed by atoms with Crippen molar-refractivity contribution in [1.82, 2.24) is 9.80 Å². The predicted molar refractivity (Wildman–Crippen MR) is 79.3 cm³/mol. The number of carbonyl (C=O) groups excluding carboxylic acids is 1. The van der Waals surface area contributed by atoms with Gasteiger partial charge in [-0.05, 0) is 32.9 Å². The van der Waals surface area contributed by atoms with Gasteiger partial charge in [-0.3, -0.25) is 4.79 Å². The predicted octanol–water partition coefficient (Wildman–Crippen LogP) is 2.41. The van der Waals surface area contributed by atoms with E-state index in [0.29, 0.717) is 17.7 Å². The summed E-state index contributed by atoms with van der Waals surface area (Å²) in [5.74, 6) is 1.69. The van der Waals surface area contributed by atoms with Crippen LogP contribution in [0.3, 0.4) is 0 Å². The van der Waals surface area contributed by atoms with Crippen LogP contribution in [-0.4, -0.2) is 55.4 Å². The number of hydrogen-bond acceptors (Lipinski definition) is 3. The maximum atomic E-state index is 12.5. The second kappa shape index (κ2) is 6.85. The van der Waals surface area contributed by atoms with Crippen molar-refractivity contribution in [1.29, 1.82) is 0 Å². The Balaban J connectivity index is 1.85. The third-order valence-electron chi connectivity index (χ3n) is 5.23. The van der Waals surface area contributed by atoms with Crippen LogP contribution in [-0.2, 0) is 4.79 Å². The second-order valence-corrected chi connectivity index (χ2v) is 6.70. The largest absolute Gasteiger partial charge is 0.304 e. The number of piperazine rings is 1. The van der Waals surface area contributed by atoms with Gasteiger partial charge in [-0.1, -0.05) is 26.2 Å². The molecule has 0 N–H and O–H groups in total. The van der Waals surface area contributed by atoms with Crippen molar-refractivity contribution < 1.29 is 4.79 Å². The van der Waals surface area contributed by atoms with Crippen molar-refractivity contribution >= 4 is 5.78 Å². The van der Waals surface area contributed by atoms with E-state index in [1.807, 2.05) is 0 Å². The molecule has 0 aromatic carbocycles. The lowest BCUT2D eigenvalue weighted by Gasteiger charge is -2.38. The summed E-state index contributed by atoms with van der Waals surface area (Å²) < 4.78 is 0. The molecule has 19 heavy (non-hydrogen) atoms. The van der Waals surface area contributed by atoms with Gasteiger partial charge in [0, 0.05) is 38.0 Å². The van der Waals surface area contributed by atoms with Crippen LogP contribution in [0.15, 0.2) is 0 Å². The first-order valence-corrected chi connectivity index (χ1v) is 8.01. The average Bonchev–Trinajstić information content (AvgIpc) is 2.43. The zero-order valence-electron chi connectivity index (χ0n) is 12.9. The highest BCUT2D eigenvalue weighted by atomic mass is 16.1. The molecule has 3 nitrogen and oxygen atoms in total. The molecule has 2 fully saturated rings. The lowest BCUT2D eigenvalue weighted by Crippen LogP contribution is -2.51. The van der Waals surface area contributed by atoms with E-state index in [-0.39, 0.29) is 0 Å². The normalized spacial score (nSPS) is 34.4. The quantitative estimate of drug-likeness (QED) is 0.781. The van der Waals surface area contributed by atoms with Gasteiger partial charge in [0.15, 0.2) is 0 Å². The summed E-state index contributed by atoms with van der Waals surface area (Å²) in [5, 5.41) is 0. The number of carbonyl (C=O) groups is 1. The Labute approximate surface area is 118 Å². The summed E-state index contributed by atoms with van der Waals surface area (Å²) in [6.07, 6.45) is 6.91. The molecule has 0 radical (unpaired) electrons. The fourth-order valence-corrected chi connectivity index (χ4v) is 3.67. The van der Waals surface area contributed by atoms with Gasteiger partial charge >= 0.3 is 0 Å². The van der Waals surface area contributed by atoms with Crippen LogP contribution in [0.5, 0.6) is 0 Å². The van der Waals surface area contributed by atoms with Crippen molar-refractivity contribution in [3.63, 3.8) is 0 Å². The van der Waals surface area contributed by atoms with E-state index in [1.165, 1.54) is 19.3 Å². The van der Waals surface area contributed by atoms with Crippen molar-refractivity contribution in [3.05, 3.63) is 0 Å². The Morgan fingerprint density at radius 3 is 2.74 bits per heavy atom. The summed E-state index contributed by atoms with van der Waals surface area (Å²) in [5.41, 5.74) is 0. The van der Waals surface area contributed by atoms with E-state index in [9.17, 15) is 4.79 Å². The van der Waals surface area contributed by atoms with Gasteiger partial charge in [-0.2, -0.15) is 0 Å². The maximum Gasteiger partial charge on any atom is 0.137 e. The van der Waals surface area contributed by atoms with E-state index in [2.05, 4.69) is 30.8 Å². The first kappa shape index (κ1) is 15.0. The summed E-state index contributed by atoms with van der Waals surface area (Å²) in [7, 11) is 4.33. The molecule has 110 valence electrons. The molecule has 3 atom stereocenters. The number of nitrogens with zero attached hydrogens (tertiary/aromatic N) is 2. The number of likely N-dealkylation sites (N-methyl/N-ethyl adjacent to an activating group) is 2. The van der Waals surface area contributed by atoms with Crippen LogP contribution in [0.2, 0.25) is 0 Å². The van der Waals surface area contributed by atoms with Gasteiger partial charge in [-0.25, -0.2) is 0 Å². The van der Waals surface area contributed by atoms with Gasteiger partial charge in [0.2, 0.25) is 0 Å². The van der Waals surface area contributed by atoms with E-state index < -0.39 is 0 Å². The Hall–Kier alpha value is -0.410. The second-order valence-electron chi connectivity index (χ2n) is 6.70. The highest BCUT2D eigenvalue weighted by Gasteiger charge is 2.30. The Kier molecular flexibility index (Phi) is 5.40.